The quantitative estimate of drug-likeness (QED) is 0.725. The van der Waals surface area contributed by atoms with Gasteiger partial charge in [0.05, 0.1) is 11.3 Å². The summed E-state index contributed by atoms with van der Waals surface area (Å²) in [6, 6.07) is 4.09. The number of rotatable bonds is 3. The van der Waals surface area contributed by atoms with E-state index in [2.05, 4.69) is 6.07 Å². The van der Waals surface area contributed by atoms with Crippen LogP contribution in [0.2, 0.25) is 0 Å². The number of alkyl halides is 1. The molecule has 0 spiro atoms. The molecule has 0 aromatic carbocycles. The second-order valence-corrected chi connectivity index (χ2v) is 5.04. The van der Waals surface area contributed by atoms with Crippen molar-refractivity contribution in [3.05, 3.63) is 22.4 Å². The molecule has 76 valence electrons. The minimum absolute atomic E-state index is 0.151. The number of Topliss-reactive ketones (excluding diaryl/α,β-unsaturated/α-hetero) is 1. The van der Waals surface area contributed by atoms with Crippen LogP contribution in [0.5, 0.6) is 0 Å². The topological polar surface area (TPSA) is 17.1 Å². The highest BCUT2D eigenvalue weighted by Gasteiger charge is 2.42. The molecule has 1 fully saturated rings. The van der Waals surface area contributed by atoms with Gasteiger partial charge in [-0.1, -0.05) is 18.9 Å². The van der Waals surface area contributed by atoms with Gasteiger partial charge in [-0.25, -0.2) is 0 Å². The maximum absolute atomic E-state index is 11.9. The Labute approximate surface area is 93.1 Å². The zero-order valence-corrected chi connectivity index (χ0v) is 9.53. The lowest BCUT2D eigenvalue weighted by Crippen LogP contribution is -2.32. The third-order valence-electron chi connectivity index (χ3n) is 3.11. The molecule has 1 nitrogen and oxygen atoms in total. The highest BCUT2D eigenvalue weighted by molar-refractivity contribution is 7.10. The normalized spacial score (nSPS) is 19.8. The molecule has 0 N–H and O–H groups in total. The van der Waals surface area contributed by atoms with E-state index in [1.54, 1.807) is 11.3 Å². The maximum atomic E-state index is 11.9. The van der Waals surface area contributed by atoms with Crippen molar-refractivity contribution in [3.63, 3.8) is 0 Å². The largest absolute Gasteiger partial charge is 0.297 e. The molecule has 1 heterocycles. The second kappa shape index (κ2) is 4.03. The zero-order valence-electron chi connectivity index (χ0n) is 7.96. The predicted molar refractivity (Wildman–Crippen MR) is 60.2 cm³/mol. The molecule has 0 saturated heterocycles. The average Bonchev–Trinajstić information content (AvgIpc) is 2.86. The van der Waals surface area contributed by atoms with E-state index in [0.29, 0.717) is 0 Å². The van der Waals surface area contributed by atoms with Gasteiger partial charge in [-0.2, -0.15) is 0 Å². The molecule has 0 atom stereocenters. The van der Waals surface area contributed by atoms with Crippen molar-refractivity contribution >= 4 is 28.7 Å². The van der Waals surface area contributed by atoms with Gasteiger partial charge in [0.2, 0.25) is 0 Å². The van der Waals surface area contributed by atoms with Gasteiger partial charge in [-0.3, -0.25) is 4.79 Å². The lowest BCUT2D eigenvalue weighted by Gasteiger charge is -2.24. The highest BCUT2D eigenvalue weighted by atomic mass is 35.5. The van der Waals surface area contributed by atoms with Crippen LogP contribution in [-0.4, -0.2) is 11.7 Å². The molecule has 0 aliphatic heterocycles. The van der Waals surface area contributed by atoms with E-state index in [0.717, 1.165) is 25.7 Å². The average molecular weight is 229 g/mol. The summed E-state index contributed by atoms with van der Waals surface area (Å²) < 4.78 is 0. The van der Waals surface area contributed by atoms with Crippen LogP contribution in [0.1, 0.15) is 30.6 Å². The molecule has 2 rings (SSSR count). The molecule has 1 saturated carbocycles. The van der Waals surface area contributed by atoms with E-state index in [9.17, 15) is 4.79 Å². The van der Waals surface area contributed by atoms with E-state index in [4.69, 9.17) is 11.6 Å². The van der Waals surface area contributed by atoms with Gasteiger partial charge in [-0.05, 0) is 24.3 Å². The Morgan fingerprint density at radius 1 is 1.50 bits per heavy atom. The first-order chi connectivity index (χ1) is 6.79. The monoisotopic (exact) mass is 228 g/mol. The standard InChI is InChI=1S/C11H13ClOS/c12-8-9(13)11(5-1-2-6-11)10-4-3-7-14-10/h3-4,7H,1-2,5-6,8H2. The second-order valence-electron chi connectivity index (χ2n) is 3.82. The molecule has 1 aromatic heterocycles. The van der Waals surface area contributed by atoms with Crippen molar-refractivity contribution in [2.75, 3.05) is 5.88 Å². The number of thiophene rings is 1. The van der Waals surface area contributed by atoms with Gasteiger partial charge in [-0.15, -0.1) is 22.9 Å². The van der Waals surface area contributed by atoms with Gasteiger partial charge in [0.25, 0.3) is 0 Å². The molecule has 0 radical (unpaired) electrons. The molecule has 1 aliphatic carbocycles. The van der Waals surface area contributed by atoms with Gasteiger partial charge >= 0.3 is 0 Å². The summed E-state index contributed by atoms with van der Waals surface area (Å²) in [5.74, 6) is 0.358. The Hall–Kier alpha value is -0.340. The van der Waals surface area contributed by atoms with Gasteiger partial charge in [0.15, 0.2) is 5.78 Å². The first-order valence-corrected chi connectivity index (χ1v) is 6.34. The number of carbonyl (C=O) groups is 1. The van der Waals surface area contributed by atoms with Gasteiger partial charge < -0.3 is 0 Å². The van der Waals surface area contributed by atoms with E-state index in [1.807, 2.05) is 11.4 Å². The molecule has 1 aliphatic rings. The fraction of sp³-hybridized carbons (Fsp3) is 0.545. The van der Waals surface area contributed by atoms with E-state index >= 15 is 0 Å². The summed E-state index contributed by atoms with van der Waals surface area (Å²) >= 11 is 7.38. The molecular weight excluding hydrogens is 216 g/mol. The van der Waals surface area contributed by atoms with Crippen molar-refractivity contribution in [2.24, 2.45) is 0 Å². The summed E-state index contributed by atoms with van der Waals surface area (Å²) in [6.07, 6.45) is 4.28. The van der Waals surface area contributed by atoms with Crippen LogP contribution in [0, 0.1) is 0 Å². The Bertz CT molecular complexity index is 312. The Balaban J connectivity index is 2.36. The SMILES string of the molecule is O=C(CCl)C1(c2cccs2)CCCC1. The Morgan fingerprint density at radius 3 is 2.71 bits per heavy atom. The minimum Gasteiger partial charge on any atom is -0.297 e. The predicted octanol–water partition coefficient (Wildman–Crippen LogP) is 3.37. The third kappa shape index (κ3) is 1.51. The number of hydrogen-bond acceptors (Lipinski definition) is 2. The summed E-state index contributed by atoms with van der Waals surface area (Å²) in [7, 11) is 0. The van der Waals surface area contributed by atoms with Crippen LogP contribution >= 0.6 is 22.9 Å². The number of hydrogen-bond donors (Lipinski definition) is 0. The van der Waals surface area contributed by atoms with E-state index < -0.39 is 0 Å². The maximum Gasteiger partial charge on any atom is 0.158 e. The summed E-state index contributed by atoms with van der Waals surface area (Å²) in [6.45, 7) is 0. The lowest BCUT2D eigenvalue weighted by molar-refractivity contribution is -0.121. The van der Waals surface area contributed by atoms with Gasteiger partial charge in [0.1, 0.15) is 0 Å². The number of carbonyl (C=O) groups excluding carboxylic acids is 1. The Kier molecular flexibility index (Phi) is 2.93. The molecular formula is C11H13ClOS. The van der Waals surface area contributed by atoms with Crippen LogP contribution < -0.4 is 0 Å². The van der Waals surface area contributed by atoms with Crippen LogP contribution in [0.25, 0.3) is 0 Å². The van der Waals surface area contributed by atoms with Crippen molar-refractivity contribution in [3.8, 4) is 0 Å². The Morgan fingerprint density at radius 2 is 2.21 bits per heavy atom. The van der Waals surface area contributed by atoms with Crippen molar-refractivity contribution in [1.29, 1.82) is 0 Å². The third-order valence-corrected chi connectivity index (χ3v) is 4.42. The molecule has 3 heteroatoms. The summed E-state index contributed by atoms with van der Waals surface area (Å²) in [5, 5.41) is 2.04. The molecule has 14 heavy (non-hydrogen) atoms. The van der Waals surface area contributed by atoms with Crippen molar-refractivity contribution in [1.82, 2.24) is 0 Å². The number of halogens is 1. The fourth-order valence-corrected chi connectivity index (χ4v) is 3.58. The van der Waals surface area contributed by atoms with Crippen LogP contribution in [0.4, 0.5) is 0 Å². The van der Waals surface area contributed by atoms with Crippen LogP contribution in [0.3, 0.4) is 0 Å². The van der Waals surface area contributed by atoms with E-state index in [1.165, 1.54) is 4.88 Å². The first-order valence-electron chi connectivity index (χ1n) is 4.93. The van der Waals surface area contributed by atoms with Crippen LogP contribution in [0.15, 0.2) is 17.5 Å². The van der Waals surface area contributed by atoms with Crippen molar-refractivity contribution < 1.29 is 4.79 Å². The molecule has 0 unspecified atom stereocenters. The minimum atomic E-state index is -0.226. The summed E-state index contributed by atoms with van der Waals surface area (Å²) in [5.41, 5.74) is -0.226. The lowest BCUT2D eigenvalue weighted by atomic mass is 9.81. The molecule has 0 amide bonds. The van der Waals surface area contributed by atoms with Crippen LogP contribution in [-0.2, 0) is 10.2 Å². The molecule has 1 aromatic rings. The summed E-state index contributed by atoms with van der Waals surface area (Å²) in [4.78, 5) is 13.1. The fourth-order valence-electron chi connectivity index (χ4n) is 2.32. The smallest absolute Gasteiger partial charge is 0.158 e. The van der Waals surface area contributed by atoms with E-state index in [-0.39, 0.29) is 17.1 Å². The highest BCUT2D eigenvalue weighted by Crippen LogP contribution is 2.43. The zero-order chi connectivity index (χ0) is 10.0. The van der Waals surface area contributed by atoms with Crippen molar-refractivity contribution in [2.45, 2.75) is 31.1 Å². The van der Waals surface area contributed by atoms with Gasteiger partial charge in [0, 0.05) is 4.88 Å². The first kappa shape index (κ1) is 10.2. The number of ketones is 1. The molecule has 0 bridgehead atoms.